The van der Waals surface area contributed by atoms with Crippen LogP contribution in [0.4, 0.5) is 5.69 Å². The van der Waals surface area contributed by atoms with Gasteiger partial charge in [0.1, 0.15) is 12.6 Å². The van der Waals surface area contributed by atoms with E-state index in [0.29, 0.717) is 22.8 Å². The lowest BCUT2D eigenvalue weighted by molar-refractivity contribution is -0.139. The minimum atomic E-state index is -4.16. The van der Waals surface area contributed by atoms with Crippen LogP contribution in [0.2, 0.25) is 5.02 Å². The molecule has 7 nitrogen and oxygen atoms in total. The molecule has 0 fully saturated rings. The Morgan fingerprint density at radius 3 is 2.20 bits per heavy atom. The van der Waals surface area contributed by atoms with Crippen LogP contribution in [-0.4, -0.2) is 44.3 Å². The van der Waals surface area contributed by atoms with E-state index in [-0.39, 0.29) is 23.3 Å². The maximum atomic E-state index is 14.0. The highest BCUT2D eigenvalue weighted by molar-refractivity contribution is 7.92. The fourth-order valence-corrected chi connectivity index (χ4v) is 5.88. The van der Waals surface area contributed by atoms with Crippen molar-refractivity contribution in [1.29, 1.82) is 0 Å². The second-order valence-corrected chi connectivity index (χ2v) is 12.9. The maximum Gasteiger partial charge on any atom is 0.264 e. The number of rotatable bonds is 11. The molecular weight excluding hydrogens is 546 g/mol. The number of sulfonamides is 1. The number of carbonyl (C=O) groups is 2. The van der Waals surface area contributed by atoms with Gasteiger partial charge in [0, 0.05) is 18.1 Å². The molecular formula is C31H38ClN3O4S. The number of halogens is 1. The van der Waals surface area contributed by atoms with Gasteiger partial charge in [-0.05, 0) is 69.0 Å². The van der Waals surface area contributed by atoms with E-state index in [9.17, 15) is 18.0 Å². The number of anilines is 1. The van der Waals surface area contributed by atoms with Gasteiger partial charge in [-0.15, -0.1) is 0 Å². The number of benzene rings is 3. The summed E-state index contributed by atoms with van der Waals surface area (Å²) in [5.74, 6) is -0.580. The predicted octanol–water partition coefficient (Wildman–Crippen LogP) is 5.65. The second kappa shape index (κ2) is 13.3. The highest BCUT2D eigenvalue weighted by atomic mass is 35.5. The third-order valence-corrected chi connectivity index (χ3v) is 8.62. The van der Waals surface area contributed by atoms with E-state index < -0.39 is 28.5 Å². The van der Waals surface area contributed by atoms with Crippen molar-refractivity contribution in [3.05, 3.63) is 94.0 Å². The van der Waals surface area contributed by atoms with Gasteiger partial charge in [0.2, 0.25) is 11.8 Å². The molecule has 1 N–H and O–H groups in total. The van der Waals surface area contributed by atoms with Gasteiger partial charge in [-0.2, -0.15) is 0 Å². The lowest BCUT2D eigenvalue weighted by Crippen LogP contribution is -2.51. The number of aryl methyl sites for hydroxylation is 3. The molecule has 0 aliphatic heterocycles. The van der Waals surface area contributed by atoms with E-state index in [1.54, 1.807) is 44.2 Å². The van der Waals surface area contributed by atoms with Gasteiger partial charge < -0.3 is 10.2 Å². The molecule has 3 aromatic carbocycles. The minimum absolute atomic E-state index is 0.0539. The second-order valence-electron chi connectivity index (χ2n) is 10.6. The first-order chi connectivity index (χ1) is 18.8. The lowest BCUT2D eigenvalue weighted by Gasteiger charge is -2.32. The molecule has 2 amide bonds. The Morgan fingerprint density at radius 1 is 0.900 bits per heavy atom. The zero-order chi connectivity index (χ0) is 29.6. The van der Waals surface area contributed by atoms with Crippen molar-refractivity contribution < 1.29 is 18.0 Å². The molecule has 0 unspecified atom stereocenters. The van der Waals surface area contributed by atoms with Gasteiger partial charge in [-0.3, -0.25) is 13.9 Å². The fraction of sp³-hybridized carbons (Fsp3) is 0.355. The Hall–Kier alpha value is -3.36. The first-order valence-corrected chi connectivity index (χ1v) is 15.1. The summed E-state index contributed by atoms with van der Waals surface area (Å²) in [6.45, 7) is 11.3. The van der Waals surface area contributed by atoms with E-state index in [2.05, 4.69) is 5.32 Å². The van der Waals surface area contributed by atoms with Crippen LogP contribution >= 0.6 is 11.6 Å². The maximum absolute atomic E-state index is 14.0. The van der Waals surface area contributed by atoms with Gasteiger partial charge >= 0.3 is 0 Å². The minimum Gasteiger partial charge on any atom is -0.354 e. The molecule has 0 heterocycles. The average molecular weight is 584 g/mol. The first-order valence-electron chi connectivity index (χ1n) is 13.3. The number of nitrogens with zero attached hydrogens (tertiary/aromatic N) is 2. The Balaban J connectivity index is 2.06. The van der Waals surface area contributed by atoms with E-state index in [0.717, 1.165) is 21.0 Å². The quantitative estimate of drug-likeness (QED) is 0.316. The molecule has 40 heavy (non-hydrogen) atoms. The molecule has 0 saturated heterocycles. The van der Waals surface area contributed by atoms with Crippen LogP contribution in [0, 0.1) is 26.7 Å². The molecule has 3 aromatic rings. The Labute approximate surface area is 243 Å². The third kappa shape index (κ3) is 7.86. The summed E-state index contributed by atoms with van der Waals surface area (Å²) in [6, 6.07) is 18.2. The summed E-state index contributed by atoms with van der Waals surface area (Å²) >= 11 is 6.28. The van der Waals surface area contributed by atoms with Crippen LogP contribution in [0.5, 0.6) is 0 Å². The number of hydrogen-bond acceptors (Lipinski definition) is 4. The topological polar surface area (TPSA) is 86.8 Å². The smallest absolute Gasteiger partial charge is 0.264 e. The van der Waals surface area contributed by atoms with Crippen molar-refractivity contribution in [3.63, 3.8) is 0 Å². The average Bonchev–Trinajstić information content (AvgIpc) is 2.90. The van der Waals surface area contributed by atoms with Crippen molar-refractivity contribution in [3.8, 4) is 0 Å². The molecule has 9 heteroatoms. The van der Waals surface area contributed by atoms with Crippen molar-refractivity contribution in [2.24, 2.45) is 5.92 Å². The first kappa shape index (κ1) is 31.2. The van der Waals surface area contributed by atoms with Crippen LogP contribution in [0.1, 0.15) is 43.0 Å². The number of carbonyl (C=O) groups excluding carboxylic acids is 2. The van der Waals surface area contributed by atoms with Crippen LogP contribution in [-0.2, 0) is 26.2 Å². The fourth-order valence-electron chi connectivity index (χ4n) is 4.24. The molecule has 3 rings (SSSR count). The van der Waals surface area contributed by atoms with Gasteiger partial charge in [0.15, 0.2) is 0 Å². The van der Waals surface area contributed by atoms with Crippen LogP contribution in [0.15, 0.2) is 71.6 Å². The van der Waals surface area contributed by atoms with Gasteiger partial charge in [-0.25, -0.2) is 8.42 Å². The summed E-state index contributed by atoms with van der Waals surface area (Å²) in [5, 5.41) is 3.24. The lowest BCUT2D eigenvalue weighted by atomic mass is 10.1. The predicted molar refractivity (Wildman–Crippen MR) is 161 cm³/mol. The Bertz CT molecular complexity index is 1460. The highest BCUT2D eigenvalue weighted by Gasteiger charge is 2.33. The summed E-state index contributed by atoms with van der Waals surface area (Å²) in [7, 11) is -4.16. The molecule has 0 saturated carbocycles. The third-order valence-electron chi connectivity index (χ3n) is 6.61. The molecule has 0 bridgehead atoms. The van der Waals surface area contributed by atoms with Gasteiger partial charge in [0.25, 0.3) is 10.0 Å². The van der Waals surface area contributed by atoms with E-state index in [1.807, 2.05) is 52.0 Å². The van der Waals surface area contributed by atoms with Crippen LogP contribution in [0.25, 0.3) is 0 Å². The number of hydrogen-bond donors (Lipinski definition) is 1. The zero-order valence-electron chi connectivity index (χ0n) is 23.9. The molecule has 0 aromatic heterocycles. The van der Waals surface area contributed by atoms with E-state index in [1.165, 1.54) is 17.0 Å². The Kier molecular flexibility index (Phi) is 10.4. The highest BCUT2D eigenvalue weighted by Crippen LogP contribution is 2.30. The molecule has 214 valence electrons. The molecule has 0 spiro atoms. The number of amides is 2. The SMILES string of the molecule is Cc1ccc(S(=O)(=O)N(CC(=O)N(Cc2cccc(C)c2)[C@H](C)C(=O)NCC(C)C)c2cc(Cl)ccc2C)cc1. The summed E-state index contributed by atoms with van der Waals surface area (Å²) in [6.07, 6.45) is 0. The molecule has 0 aliphatic carbocycles. The van der Waals surface area contributed by atoms with Crippen LogP contribution < -0.4 is 9.62 Å². The van der Waals surface area contributed by atoms with Gasteiger partial charge in [-0.1, -0.05) is 79.0 Å². The standard InChI is InChI=1S/C31H38ClN3O4S/c1-21(2)18-33-31(37)25(6)34(19-26-9-7-8-23(4)16-26)30(36)20-35(29-17-27(32)13-12-24(29)5)40(38,39)28-14-10-22(3)11-15-28/h7-17,21,25H,18-20H2,1-6H3,(H,33,37)/t25-/m1/s1. The Morgan fingerprint density at radius 2 is 1.57 bits per heavy atom. The zero-order valence-corrected chi connectivity index (χ0v) is 25.5. The normalized spacial score (nSPS) is 12.2. The van der Waals surface area contributed by atoms with E-state index in [4.69, 9.17) is 11.6 Å². The van der Waals surface area contributed by atoms with Crippen LogP contribution in [0.3, 0.4) is 0 Å². The van der Waals surface area contributed by atoms with Crippen molar-refractivity contribution >= 4 is 39.1 Å². The molecule has 0 aliphatic rings. The van der Waals surface area contributed by atoms with E-state index >= 15 is 0 Å². The van der Waals surface area contributed by atoms with Crippen molar-refractivity contribution in [1.82, 2.24) is 10.2 Å². The summed E-state index contributed by atoms with van der Waals surface area (Å²) in [5.41, 5.74) is 3.70. The number of nitrogens with one attached hydrogen (secondary N) is 1. The van der Waals surface area contributed by atoms with Crippen molar-refractivity contribution in [2.75, 3.05) is 17.4 Å². The summed E-state index contributed by atoms with van der Waals surface area (Å²) < 4.78 is 29.1. The monoisotopic (exact) mass is 583 g/mol. The molecule has 1 atom stereocenters. The van der Waals surface area contributed by atoms with Crippen molar-refractivity contribution in [2.45, 2.75) is 59.0 Å². The largest absolute Gasteiger partial charge is 0.354 e. The van der Waals surface area contributed by atoms with Gasteiger partial charge in [0.05, 0.1) is 10.6 Å². The molecule has 0 radical (unpaired) electrons. The summed E-state index contributed by atoms with van der Waals surface area (Å²) in [4.78, 5) is 28.6.